The minimum absolute atomic E-state index is 0.0191. The van der Waals surface area contributed by atoms with Crippen molar-refractivity contribution in [2.45, 2.75) is 31.8 Å². The Morgan fingerprint density at radius 2 is 2.26 bits per heavy atom. The molecule has 3 N–H and O–H groups in total. The number of rotatable bonds is 5. The van der Waals surface area contributed by atoms with Crippen LogP contribution < -0.4 is 10.6 Å². The molecule has 1 aliphatic rings. The van der Waals surface area contributed by atoms with Gasteiger partial charge in [-0.05, 0) is 31.7 Å². The smallest absolute Gasteiger partial charge is 0.329 e. The van der Waals surface area contributed by atoms with E-state index in [4.69, 9.17) is 0 Å². The summed E-state index contributed by atoms with van der Waals surface area (Å²) in [5, 5.41) is 18.5. The molecule has 2 amide bonds. The van der Waals surface area contributed by atoms with Crippen LogP contribution in [0.25, 0.3) is 0 Å². The average Bonchev–Trinajstić information content (AvgIpc) is 3.11. The van der Waals surface area contributed by atoms with Crippen LogP contribution in [0, 0.1) is 5.92 Å². The summed E-state index contributed by atoms with van der Waals surface area (Å²) in [7, 11) is 1.79. The van der Waals surface area contributed by atoms with Crippen LogP contribution in [0.15, 0.2) is 12.3 Å². The first-order valence-electron chi connectivity index (χ1n) is 6.20. The molecule has 2 rings (SSSR count). The van der Waals surface area contributed by atoms with Gasteiger partial charge in [0.25, 0.3) is 0 Å². The Kier molecular flexibility index (Phi) is 3.46. The van der Waals surface area contributed by atoms with Crippen LogP contribution >= 0.6 is 0 Å². The average molecular weight is 266 g/mol. The van der Waals surface area contributed by atoms with Crippen molar-refractivity contribution in [3.8, 4) is 0 Å². The summed E-state index contributed by atoms with van der Waals surface area (Å²) in [5.74, 6) is -0.978. The first-order valence-corrected chi connectivity index (χ1v) is 6.20. The molecule has 7 heteroatoms. The number of nitrogens with zero attached hydrogens (tertiary/aromatic N) is 2. The summed E-state index contributed by atoms with van der Waals surface area (Å²) in [6.45, 7) is 1.82. The van der Waals surface area contributed by atoms with Gasteiger partial charge in [-0.25, -0.2) is 9.59 Å². The van der Waals surface area contributed by atoms with Crippen molar-refractivity contribution in [1.82, 2.24) is 20.4 Å². The molecule has 1 aromatic rings. The fourth-order valence-electron chi connectivity index (χ4n) is 2.00. The number of urea groups is 1. The molecule has 1 fully saturated rings. The topological polar surface area (TPSA) is 96.2 Å². The summed E-state index contributed by atoms with van der Waals surface area (Å²) in [4.78, 5) is 23.0. The molecule has 0 aliphatic heterocycles. The second-order valence-corrected chi connectivity index (χ2v) is 5.07. The van der Waals surface area contributed by atoms with Gasteiger partial charge in [-0.15, -0.1) is 0 Å². The first kappa shape index (κ1) is 13.4. The predicted molar refractivity (Wildman–Crippen MR) is 67.3 cm³/mol. The van der Waals surface area contributed by atoms with E-state index in [2.05, 4.69) is 15.7 Å². The molecule has 0 saturated heterocycles. The zero-order chi connectivity index (χ0) is 14.0. The normalized spacial score (nSPS) is 17.6. The van der Waals surface area contributed by atoms with Crippen molar-refractivity contribution in [3.63, 3.8) is 0 Å². The summed E-state index contributed by atoms with van der Waals surface area (Å²) in [5.41, 5.74) is -0.463. The van der Waals surface area contributed by atoms with E-state index in [-0.39, 0.29) is 12.5 Å². The van der Waals surface area contributed by atoms with Crippen LogP contribution in [0.1, 0.15) is 25.5 Å². The minimum Gasteiger partial charge on any atom is -0.480 e. The number of aromatic nitrogens is 2. The van der Waals surface area contributed by atoms with Crippen LogP contribution in [0.4, 0.5) is 4.79 Å². The molecule has 1 heterocycles. The van der Waals surface area contributed by atoms with Gasteiger partial charge in [0.15, 0.2) is 0 Å². The highest BCUT2D eigenvalue weighted by Crippen LogP contribution is 2.39. The van der Waals surface area contributed by atoms with E-state index >= 15 is 0 Å². The van der Waals surface area contributed by atoms with Crippen molar-refractivity contribution in [1.29, 1.82) is 0 Å². The molecule has 1 unspecified atom stereocenters. The van der Waals surface area contributed by atoms with E-state index in [1.54, 1.807) is 30.9 Å². The molecule has 1 saturated carbocycles. The quantitative estimate of drug-likeness (QED) is 0.722. The number of nitrogens with one attached hydrogen (secondary N) is 2. The number of carbonyl (C=O) groups is 2. The molecule has 1 aliphatic carbocycles. The lowest BCUT2D eigenvalue weighted by molar-refractivity contribution is -0.144. The third-order valence-electron chi connectivity index (χ3n) is 3.41. The highest BCUT2D eigenvalue weighted by Gasteiger charge is 2.48. The van der Waals surface area contributed by atoms with Gasteiger partial charge in [0.05, 0.1) is 12.2 Å². The van der Waals surface area contributed by atoms with Gasteiger partial charge >= 0.3 is 12.0 Å². The third kappa shape index (κ3) is 3.04. The molecule has 0 bridgehead atoms. The number of aryl methyl sites for hydroxylation is 1. The Hall–Kier alpha value is -2.05. The van der Waals surface area contributed by atoms with Crippen LogP contribution in [-0.4, -0.2) is 32.4 Å². The number of aliphatic carboxylic acids is 1. The highest BCUT2D eigenvalue weighted by atomic mass is 16.4. The zero-order valence-electron chi connectivity index (χ0n) is 11.0. The molecule has 19 heavy (non-hydrogen) atoms. The lowest BCUT2D eigenvalue weighted by Gasteiger charge is -2.26. The van der Waals surface area contributed by atoms with Crippen molar-refractivity contribution in [3.05, 3.63) is 18.0 Å². The van der Waals surface area contributed by atoms with Crippen molar-refractivity contribution >= 4 is 12.0 Å². The number of hydrogen-bond acceptors (Lipinski definition) is 3. The maximum Gasteiger partial charge on any atom is 0.329 e. The summed E-state index contributed by atoms with van der Waals surface area (Å²) in [6.07, 6.45) is 3.45. The van der Waals surface area contributed by atoms with E-state index in [1.165, 1.54) is 0 Å². The molecule has 0 radical (unpaired) electrons. The lowest BCUT2D eigenvalue weighted by Crippen LogP contribution is -2.56. The monoisotopic (exact) mass is 266 g/mol. The van der Waals surface area contributed by atoms with E-state index in [0.717, 1.165) is 18.5 Å². The number of carbonyl (C=O) groups excluding carboxylic acids is 1. The summed E-state index contributed by atoms with van der Waals surface area (Å²) in [6, 6.07) is 1.31. The van der Waals surface area contributed by atoms with Crippen LogP contribution in [0.5, 0.6) is 0 Å². The van der Waals surface area contributed by atoms with Crippen LogP contribution in [-0.2, 0) is 18.4 Å². The van der Waals surface area contributed by atoms with E-state index in [0.29, 0.717) is 0 Å². The fraction of sp³-hybridized carbons (Fsp3) is 0.583. The maximum absolute atomic E-state index is 11.8. The number of carboxylic acids is 1. The Balaban J connectivity index is 1.88. The molecule has 1 aromatic heterocycles. The van der Waals surface area contributed by atoms with Gasteiger partial charge in [0, 0.05) is 13.2 Å². The standard InChI is InChI=1S/C12H18N4O3/c1-12(10(17)18,8-3-4-8)14-11(19)13-7-9-5-6-16(2)15-9/h5-6,8H,3-4,7H2,1-2H3,(H,17,18)(H2,13,14,19). The first-order chi connectivity index (χ1) is 8.91. The molecule has 7 nitrogen and oxygen atoms in total. The zero-order valence-corrected chi connectivity index (χ0v) is 11.0. The molecule has 0 aromatic carbocycles. The Morgan fingerprint density at radius 3 is 2.74 bits per heavy atom. The van der Waals surface area contributed by atoms with Gasteiger partial charge in [0.1, 0.15) is 5.54 Å². The minimum atomic E-state index is -1.19. The SMILES string of the molecule is Cn1ccc(CNC(=O)NC(C)(C(=O)O)C2CC2)n1. The molecular formula is C12H18N4O3. The highest BCUT2D eigenvalue weighted by molar-refractivity contribution is 5.86. The second-order valence-electron chi connectivity index (χ2n) is 5.07. The number of carboxylic acid groups (broad SMARTS) is 1. The van der Waals surface area contributed by atoms with Crippen LogP contribution in [0.2, 0.25) is 0 Å². The molecular weight excluding hydrogens is 248 g/mol. The molecule has 0 spiro atoms. The number of hydrogen-bond donors (Lipinski definition) is 3. The lowest BCUT2D eigenvalue weighted by atomic mass is 9.96. The maximum atomic E-state index is 11.8. The van der Waals surface area contributed by atoms with E-state index in [1.807, 2.05) is 0 Å². The van der Waals surface area contributed by atoms with Crippen molar-refractivity contribution in [2.24, 2.45) is 13.0 Å². The number of amides is 2. The fourth-order valence-corrected chi connectivity index (χ4v) is 2.00. The summed E-state index contributed by atoms with van der Waals surface area (Å²) < 4.78 is 1.64. The largest absolute Gasteiger partial charge is 0.480 e. The van der Waals surface area contributed by atoms with Gasteiger partial charge in [-0.1, -0.05) is 0 Å². The predicted octanol–water partition coefficient (Wildman–Crippen LogP) is 0.473. The van der Waals surface area contributed by atoms with E-state index in [9.17, 15) is 14.7 Å². The Labute approximate surface area is 111 Å². The van der Waals surface area contributed by atoms with Crippen molar-refractivity contribution < 1.29 is 14.7 Å². The van der Waals surface area contributed by atoms with E-state index < -0.39 is 17.5 Å². The van der Waals surface area contributed by atoms with Crippen molar-refractivity contribution in [2.75, 3.05) is 0 Å². The van der Waals surface area contributed by atoms with Crippen LogP contribution in [0.3, 0.4) is 0 Å². The molecule has 104 valence electrons. The van der Waals surface area contributed by atoms with Gasteiger partial charge in [0.2, 0.25) is 0 Å². The molecule has 1 atom stereocenters. The van der Waals surface area contributed by atoms with Gasteiger partial charge < -0.3 is 15.7 Å². The van der Waals surface area contributed by atoms with Gasteiger partial charge in [-0.3, -0.25) is 4.68 Å². The Morgan fingerprint density at radius 1 is 1.58 bits per heavy atom. The third-order valence-corrected chi connectivity index (χ3v) is 3.41. The van der Waals surface area contributed by atoms with Gasteiger partial charge in [-0.2, -0.15) is 5.10 Å². The second kappa shape index (κ2) is 4.91. The Bertz CT molecular complexity index is 495. The summed E-state index contributed by atoms with van der Waals surface area (Å²) >= 11 is 0.